The lowest BCUT2D eigenvalue weighted by Crippen LogP contribution is -2.27. The first kappa shape index (κ1) is 13.5. The zero-order valence-corrected chi connectivity index (χ0v) is 11.7. The highest BCUT2D eigenvalue weighted by atomic mass is 32.2. The van der Waals surface area contributed by atoms with E-state index in [2.05, 4.69) is 4.72 Å². The van der Waals surface area contributed by atoms with Crippen LogP contribution in [0.4, 0.5) is 5.69 Å². The average Bonchev–Trinajstić information content (AvgIpc) is 3.28. The Hall–Kier alpha value is -1.47. The highest BCUT2D eigenvalue weighted by Crippen LogP contribution is 2.41. The zero-order valence-electron chi connectivity index (χ0n) is 10.9. The summed E-state index contributed by atoms with van der Waals surface area (Å²) in [5.41, 5.74) is 1.49. The molecule has 0 aliphatic heterocycles. The van der Waals surface area contributed by atoms with Crippen LogP contribution < -0.4 is 4.72 Å². The Morgan fingerprint density at radius 3 is 2.50 bits per heavy atom. The fourth-order valence-electron chi connectivity index (χ4n) is 2.27. The molecule has 3 rings (SSSR count). The lowest BCUT2D eigenvalue weighted by Gasteiger charge is -2.08. The van der Waals surface area contributed by atoms with Crippen molar-refractivity contribution in [2.45, 2.75) is 43.4 Å². The van der Waals surface area contributed by atoms with Gasteiger partial charge in [-0.25, -0.2) is 13.1 Å². The van der Waals surface area contributed by atoms with E-state index in [1.54, 1.807) is 12.1 Å². The Morgan fingerprint density at radius 2 is 1.95 bits per heavy atom. The van der Waals surface area contributed by atoms with E-state index in [0.29, 0.717) is 24.3 Å². The molecule has 1 aromatic carbocycles. The third-order valence-electron chi connectivity index (χ3n) is 3.78. The summed E-state index contributed by atoms with van der Waals surface area (Å²) in [6.07, 6.45) is 3.56. The number of benzene rings is 1. The van der Waals surface area contributed by atoms with E-state index in [4.69, 9.17) is 0 Å². The summed E-state index contributed by atoms with van der Waals surface area (Å²) in [4.78, 5) is 10.6. The molecule has 2 aliphatic rings. The number of sulfonamides is 1. The minimum absolute atomic E-state index is 0.00426. The van der Waals surface area contributed by atoms with E-state index in [1.165, 1.54) is 6.07 Å². The molecule has 0 spiro atoms. The molecule has 0 unspecified atom stereocenters. The SMILES string of the molecule is O=[N+]([O-])c1ccc(C2CC2)cc1CNS(=O)(=O)C1CC1. The first-order valence-corrected chi connectivity index (χ1v) is 8.28. The molecular formula is C13H16N2O4S. The quantitative estimate of drug-likeness (QED) is 0.642. The summed E-state index contributed by atoms with van der Waals surface area (Å²) in [6, 6.07) is 5.02. The highest BCUT2D eigenvalue weighted by Gasteiger charge is 2.35. The summed E-state index contributed by atoms with van der Waals surface area (Å²) in [6.45, 7) is -0.00426. The van der Waals surface area contributed by atoms with Gasteiger partial charge in [0, 0.05) is 18.2 Å². The van der Waals surface area contributed by atoms with Gasteiger partial charge in [-0.15, -0.1) is 0 Å². The third kappa shape index (κ3) is 2.83. The van der Waals surface area contributed by atoms with Crippen molar-refractivity contribution >= 4 is 15.7 Å². The van der Waals surface area contributed by atoms with Gasteiger partial charge in [0.15, 0.2) is 0 Å². The predicted molar refractivity (Wildman–Crippen MR) is 73.9 cm³/mol. The second kappa shape index (κ2) is 4.82. The maximum Gasteiger partial charge on any atom is 0.273 e. The second-order valence-corrected chi connectivity index (χ2v) is 7.53. The smallest absolute Gasteiger partial charge is 0.258 e. The van der Waals surface area contributed by atoms with Crippen molar-refractivity contribution in [3.63, 3.8) is 0 Å². The van der Waals surface area contributed by atoms with Gasteiger partial charge >= 0.3 is 0 Å². The van der Waals surface area contributed by atoms with Crippen molar-refractivity contribution in [2.24, 2.45) is 0 Å². The topological polar surface area (TPSA) is 89.3 Å². The van der Waals surface area contributed by atoms with Crippen LogP contribution in [-0.4, -0.2) is 18.6 Å². The van der Waals surface area contributed by atoms with Gasteiger partial charge < -0.3 is 0 Å². The van der Waals surface area contributed by atoms with Gasteiger partial charge in [-0.1, -0.05) is 6.07 Å². The molecule has 108 valence electrons. The molecule has 0 atom stereocenters. The summed E-state index contributed by atoms with van der Waals surface area (Å²) in [5, 5.41) is 10.7. The Labute approximate surface area is 117 Å². The van der Waals surface area contributed by atoms with Gasteiger partial charge in [-0.3, -0.25) is 10.1 Å². The van der Waals surface area contributed by atoms with E-state index >= 15 is 0 Å². The van der Waals surface area contributed by atoms with Crippen LogP contribution in [0.25, 0.3) is 0 Å². The Balaban J connectivity index is 1.81. The van der Waals surface area contributed by atoms with E-state index in [-0.39, 0.29) is 17.5 Å². The lowest BCUT2D eigenvalue weighted by atomic mass is 10.1. The van der Waals surface area contributed by atoms with Crippen molar-refractivity contribution in [1.82, 2.24) is 4.72 Å². The normalized spacial score (nSPS) is 19.0. The van der Waals surface area contributed by atoms with Crippen molar-refractivity contribution in [1.29, 1.82) is 0 Å². The fourth-order valence-corrected chi connectivity index (χ4v) is 3.62. The number of hydrogen-bond donors (Lipinski definition) is 1. The maximum atomic E-state index is 11.8. The molecule has 20 heavy (non-hydrogen) atoms. The van der Waals surface area contributed by atoms with Gasteiger partial charge in [-0.2, -0.15) is 0 Å². The van der Waals surface area contributed by atoms with Crippen LogP contribution in [0.5, 0.6) is 0 Å². The first-order valence-electron chi connectivity index (χ1n) is 6.73. The minimum atomic E-state index is -3.32. The summed E-state index contributed by atoms with van der Waals surface area (Å²) in [5.74, 6) is 0.481. The van der Waals surface area contributed by atoms with Gasteiger partial charge in [0.2, 0.25) is 10.0 Å². The summed E-state index contributed by atoms with van der Waals surface area (Å²) in [7, 11) is -3.32. The molecule has 0 heterocycles. The number of nitro groups is 1. The van der Waals surface area contributed by atoms with E-state index in [0.717, 1.165) is 18.4 Å². The molecule has 0 saturated heterocycles. The second-order valence-electron chi connectivity index (χ2n) is 5.49. The van der Waals surface area contributed by atoms with Crippen molar-refractivity contribution in [3.05, 3.63) is 39.4 Å². The molecule has 0 radical (unpaired) electrons. The third-order valence-corrected chi connectivity index (χ3v) is 5.67. The first-order chi connectivity index (χ1) is 9.47. The van der Waals surface area contributed by atoms with Crippen LogP contribution in [-0.2, 0) is 16.6 Å². The molecule has 0 aromatic heterocycles. The number of hydrogen-bond acceptors (Lipinski definition) is 4. The molecule has 2 saturated carbocycles. The van der Waals surface area contributed by atoms with Crippen LogP contribution in [0.2, 0.25) is 0 Å². The Bertz CT molecular complexity index is 648. The molecule has 7 heteroatoms. The number of nitrogens with one attached hydrogen (secondary N) is 1. The van der Waals surface area contributed by atoms with Crippen molar-refractivity contribution < 1.29 is 13.3 Å². The standard InChI is InChI=1S/C13H16N2O4S/c16-15(17)13-6-3-10(9-1-2-9)7-11(13)8-14-20(18,19)12-4-5-12/h3,6-7,9,12,14H,1-2,4-5,8H2. The van der Waals surface area contributed by atoms with Crippen LogP contribution in [0.3, 0.4) is 0 Å². The number of nitrogens with zero attached hydrogens (tertiary/aromatic N) is 1. The molecule has 2 fully saturated rings. The summed E-state index contributed by atoms with van der Waals surface area (Å²) >= 11 is 0. The molecule has 1 aromatic rings. The molecule has 2 aliphatic carbocycles. The number of nitro benzene ring substituents is 1. The number of rotatable bonds is 6. The highest BCUT2D eigenvalue weighted by molar-refractivity contribution is 7.90. The van der Waals surface area contributed by atoms with E-state index in [9.17, 15) is 18.5 Å². The van der Waals surface area contributed by atoms with E-state index in [1.807, 2.05) is 0 Å². The molecule has 0 bridgehead atoms. The molecule has 0 amide bonds. The van der Waals surface area contributed by atoms with Gasteiger partial charge in [0.1, 0.15) is 0 Å². The van der Waals surface area contributed by atoms with Crippen molar-refractivity contribution in [2.75, 3.05) is 0 Å². The lowest BCUT2D eigenvalue weighted by molar-refractivity contribution is -0.385. The van der Waals surface area contributed by atoms with Crippen LogP contribution in [0, 0.1) is 10.1 Å². The Morgan fingerprint density at radius 1 is 1.25 bits per heavy atom. The fraction of sp³-hybridized carbons (Fsp3) is 0.538. The summed E-state index contributed by atoms with van der Waals surface area (Å²) < 4.78 is 26.1. The zero-order chi connectivity index (χ0) is 14.3. The van der Waals surface area contributed by atoms with Gasteiger partial charge in [0.25, 0.3) is 5.69 Å². The van der Waals surface area contributed by atoms with Crippen LogP contribution in [0.15, 0.2) is 18.2 Å². The van der Waals surface area contributed by atoms with Crippen molar-refractivity contribution in [3.8, 4) is 0 Å². The average molecular weight is 296 g/mol. The molecule has 1 N–H and O–H groups in total. The van der Waals surface area contributed by atoms with Crippen LogP contribution >= 0.6 is 0 Å². The van der Waals surface area contributed by atoms with Crippen LogP contribution in [0.1, 0.15) is 42.7 Å². The van der Waals surface area contributed by atoms with Gasteiger partial charge in [-0.05, 0) is 43.2 Å². The predicted octanol–water partition coefficient (Wildman–Crippen LogP) is 2.05. The monoisotopic (exact) mass is 296 g/mol. The minimum Gasteiger partial charge on any atom is -0.258 e. The maximum absolute atomic E-state index is 11.8. The Kier molecular flexibility index (Phi) is 3.25. The van der Waals surface area contributed by atoms with E-state index < -0.39 is 14.9 Å². The largest absolute Gasteiger partial charge is 0.273 e. The van der Waals surface area contributed by atoms with Gasteiger partial charge in [0.05, 0.1) is 10.2 Å². The molecule has 6 nitrogen and oxygen atoms in total. The molecular weight excluding hydrogens is 280 g/mol.